The van der Waals surface area contributed by atoms with E-state index in [1.165, 1.54) is 0 Å². The standard InChI is InChI=1S/C13H16N4OS.2ClH/c1-9(14)13(18)16-7-4-12-17-11(8-19-12)10-2-5-15-6-3-10;;/h2-3,5-6,8-9H,4,7,14H2,1H3,(H,16,18);2*1H/t9-;;/m1../s1. The highest BCUT2D eigenvalue weighted by Gasteiger charge is 2.07. The molecule has 0 aromatic carbocycles. The molecule has 5 nitrogen and oxygen atoms in total. The summed E-state index contributed by atoms with van der Waals surface area (Å²) in [4.78, 5) is 19.8. The summed E-state index contributed by atoms with van der Waals surface area (Å²) in [7, 11) is 0. The van der Waals surface area contributed by atoms with Crippen LogP contribution >= 0.6 is 36.2 Å². The molecule has 0 saturated carbocycles. The smallest absolute Gasteiger partial charge is 0.236 e. The summed E-state index contributed by atoms with van der Waals surface area (Å²) in [6, 6.07) is 3.39. The molecule has 0 aliphatic heterocycles. The van der Waals surface area contributed by atoms with Gasteiger partial charge in [0.1, 0.15) is 0 Å². The van der Waals surface area contributed by atoms with Gasteiger partial charge in [-0.3, -0.25) is 9.78 Å². The fraction of sp³-hybridized carbons (Fsp3) is 0.308. The fourth-order valence-electron chi connectivity index (χ4n) is 1.53. The van der Waals surface area contributed by atoms with E-state index in [-0.39, 0.29) is 30.7 Å². The van der Waals surface area contributed by atoms with Gasteiger partial charge in [-0.1, -0.05) is 0 Å². The van der Waals surface area contributed by atoms with E-state index in [0.717, 1.165) is 16.3 Å². The predicted octanol–water partition coefficient (Wildman–Crippen LogP) is 2.05. The Morgan fingerprint density at radius 3 is 2.67 bits per heavy atom. The van der Waals surface area contributed by atoms with E-state index in [2.05, 4.69) is 15.3 Å². The Morgan fingerprint density at radius 1 is 1.38 bits per heavy atom. The highest BCUT2D eigenvalue weighted by molar-refractivity contribution is 7.09. The van der Waals surface area contributed by atoms with Gasteiger partial charge in [0.05, 0.1) is 16.7 Å². The third-order valence-corrected chi connectivity index (χ3v) is 3.49. The van der Waals surface area contributed by atoms with Crippen molar-refractivity contribution in [3.63, 3.8) is 0 Å². The van der Waals surface area contributed by atoms with E-state index in [9.17, 15) is 4.79 Å². The summed E-state index contributed by atoms with van der Waals surface area (Å²) < 4.78 is 0. The number of nitrogens with zero attached hydrogens (tertiary/aromatic N) is 2. The molecule has 0 spiro atoms. The van der Waals surface area contributed by atoms with Crippen LogP contribution in [0, 0.1) is 0 Å². The summed E-state index contributed by atoms with van der Waals surface area (Å²) in [5, 5.41) is 5.78. The lowest BCUT2D eigenvalue weighted by atomic mass is 10.2. The predicted molar refractivity (Wildman–Crippen MR) is 90.2 cm³/mol. The van der Waals surface area contributed by atoms with Crippen molar-refractivity contribution in [2.45, 2.75) is 19.4 Å². The van der Waals surface area contributed by atoms with Crippen LogP contribution in [-0.2, 0) is 11.2 Å². The monoisotopic (exact) mass is 348 g/mol. The summed E-state index contributed by atoms with van der Waals surface area (Å²) in [5.41, 5.74) is 7.46. The number of thiazole rings is 1. The van der Waals surface area contributed by atoms with Gasteiger partial charge in [0, 0.05) is 36.3 Å². The first-order chi connectivity index (χ1) is 9.16. The normalized spacial score (nSPS) is 11.0. The Kier molecular flexibility index (Phi) is 9.12. The molecule has 0 saturated heterocycles. The zero-order valence-corrected chi connectivity index (χ0v) is 13.9. The van der Waals surface area contributed by atoms with Gasteiger partial charge in [-0.2, -0.15) is 0 Å². The van der Waals surface area contributed by atoms with Gasteiger partial charge in [-0.25, -0.2) is 4.98 Å². The van der Waals surface area contributed by atoms with Crippen LogP contribution in [-0.4, -0.2) is 28.5 Å². The first-order valence-corrected chi connectivity index (χ1v) is 6.93. The Bertz CT molecular complexity index is 548. The number of nitrogens with two attached hydrogens (primary N) is 1. The first-order valence-electron chi connectivity index (χ1n) is 6.05. The van der Waals surface area contributed by atoms with Crippen molar-refractivity contribution >= 4 is 42.1 Å². The largest absolute Gasteiger partial charge is 0.354 e. The van der Waals surface area contributed by atoms with Crippen LogP contribution in [0.3, 0.4) is 0 Å². The lowest BCUT2D eigenvalue weighted by molar-refractivity contribution is -0.121. The molecular formula is C13H18Cl2N4OS. The Morgan fingerprint density at radius 2 is 2.05 bits per heavy atom. The fourth-order valence-corrected chi connectivity index (χ4v) is 2.34. The van der Waals surface area contributed by atoms with Gasteiger partial charge in [0.25, 0.3) is 0 Å². The van der Waals surface area contributed by atoms with Crippen LogP contribution in [0.25, 0.3) is 11.3 Å². The minimum atomic E-state index is -0.469. The molecule has 8 heteroatoms. The average Bonchev–Trinajstić information content (AvgIpc) is 2.88. The van der Waals surface area contributed by atoms with Crippen LogP contribution in [0.2, 0.25) is 0 Å². The maximum absolute atomic E-state index is 11.3. The summed E-state index contributed by atoms with van der Waals surface area (Å²) in [5.74, 6) is -0.133. The molecule has 0 unspecified atom stereocenters. The first kappa shape index (κ1) is 19.8. The number of carbonyl (C=O) groups excluding carboxylic acids is 1. The van der Waals surface area contributed by atoms with Gasteiger partial charge in [-0.05, 0) is 19.1 Å². The number of aromatic nitrogens is 2. The number of rotatable bonds is 5. The number of nitrogens with one attached hydrogen (secondary N) is 1. The number of hydrogen-bond acceptors (Lipinski definition) is 5. The summed E-state index contributed by atoms with van der Waals surface area (Å²) in [6.07, 6.45) is 4.21. The quantitative estimate of drug-likeness (QED) is 0.866. The van der Waals surface area contributed by atoms with E-state index in [4.69, 9.17) is 5.73 Å². The van der Waals surface area contributed by atoms with Gasteiger partial charge in [-0.15, -0.1) is 36.2 Å². The van der Waals surface area contributed by atoms with Crippen LogP contribution in [0.5, 0.6) is 0 Å². The van der Waals surface area contributed by atoms with Gasteiger partial charge >= 0.3 is 0 Å². The molecule has 2 heterocycles. The summed E-state index contributed by atoms with van der Waals surface area (Å²) >= 11 is 1.59. The molecule has 0 aliphatic rings. The van der Waals surface area contributed by atoms with E-state index >= 15 is 0 Å². The molecule has 0 radical (unpaired) electrons. The van der Waals surface area contributed by atoms with Crippen LogP contribution < -0.4 is 11.1 Å². The van der Waals surface area contributed by atoms with Gasteiger partial charge in [0.2, 0.25) is 5.91 Å². The molecule has 2 aromatic rings. The zero-order valence-electron chi connectivity index (χ0n) is 11.5. The molecule has 0 bridgehead atoms. The Labute approximate surface area is 140 Å². The van der Waals surface area contributed by atoms with Gasteiger partial charge in [0.15, 0.2) is 0 Å². The number of hydrogen-bond donors (Lipinski definition) is 2. The molecule has 3 N–H and O–H groups in total. The Balaban J connectivity index is 0.00000200. The highest BCUT2D eigenvalue weighted by atomic mass is 35.5. The molecular weight excluding hydrogens is 331 g/mol. The summed E-state index contributed by atoms with van der Waals surface area (Å²) in [6.45, 7) is 2.23. The molecule has 2 aromatic heterocycles. The second-order valence-electron chi connectivity index (χ2n) is 4.19. The van der Waals surface area contributed by atoms with Crippen molar-refractivity contribution in [1.29, 1.82) is 0 Å². The van der Waals surface area contributed by atoms with E-state index < -0.39 is 6.04 Å². The molecule has 116 valence electrons. The SMILES string of the molecule is C[C@@H](N)C(=O)NCCc1nc(-c2ccncc2)cs1.Cl.Cl. The van der Waals surface area contributed by atoms with Gasteiger partial charge < -0.3 is 11.1 Å². The number of amides is 1. The van der Waals surface area contributed by atoms with E-state index in [1.807, 2.05) is 17.5 Å². The van der Waals surface area contributed by atoms with Crippen molar-refractivity contribution in [1.82, 2.24) is 15.3 Å². The van der Waals surface area contributed by atoms with Crippen LogP contribution in [0.15, 0.2) is 29.9 Å². The maximum Gasteiger partial charge on any atom is 0.236 e. The van der Waals surface area contributed by atoms with Crippen molar-refractivity contribution in [2.75, 3.05) is 6.54 Å². The molecule has 2 rings (SSSR count). The van der Waals surface area contributed by atoms with Crippen LogP contribution in [0.4, 0.5) is 0 Å². The molecule has 1 atom stereocenters. The van der Waals surface area contributed by atoms with E-state index in [0.29, 0.717) is 13.0 Å². The minimum Gasteiger partial charge on any atom is -0.354 e. The van der Waals surface area contributed by atoms with Crippen LogP contribution in [0.1, 0.15) is 11.9 Å². The van der Waals surface area contributed by atoms with Crippen molar-refractivity contribution in [3.05, 3.63) is 34.9 Å². The molecule has 0 fully saturated rings. The third-order valence-electron chi connectivity index (χ3n) is 2.58. The van der Waals surface area contributed by atoms with Crippen molar-refractivity contribution < 1.29 is 4.79 Å². The lowest BCUT2D eigenvalue weighted by Crippen LogP contribution is -2.39. The topological polar surface area (TPSA) is 80.9 Å². The number of pyridine rings is 1. The minimum absolute atomic E-state index is 0. The van der Waals surface area contributed by atoms with Crippen molar-refractivity contribution in [2.24, 2.45) is 5.73 Å². The maximum atomic E-state index is 11.3. The van der Waals surface area contributed by atoms with E-state index in [1.54, 1.807) is 30.7 Å². The third kappa shape index (κ3) is 5.97. The lowest BCUT2D eigenvalue weighted by Gasteiger charge is -2.05. The highest BCUT2D eigenvalue weighted by Crippen LogP contribution is 2.21. The molecule has 21 heavy (non-hydrogen) atoms. The number of halogens is 2. The molecule has 1 amide bonds. The molecule has 0 aliphatic carbocycles. The average molecular weight is 349 g/mol. The second-order valence-corrected chi connectivity index (χ2v) is 5.13. The number of carbonyl (C=O) groups is 1. The zero-order chi connectivity index (χ0) is 13.7. The second kappa shape index (κ2) is 9.68. The van der Waals surface area contributed by atoms with Crippen molar-refractivity contribution in [3.8, 4) is 11.3 Å². The Hall–Kier alpha value is -1.21.